The number of fused-ring (bicyclic) bond motifs is 1. The van der Waals surface area contributed by atoms with Crippen molar-refractivity contribution in [1.29, 1.82) is 0 Å². The lowest BCUT2D eigenvalue weighted by atomic mass is 9.95. The Kier molecular flexibility index (Phi) is 6.49. The number of methoxy groups -OCH3 is 3. The van der Waals surface area contributed by atoms with Crippen LogP contribution in [0.15, 0.2) is 17.5 Å². The van der Waals surface area contributed by atoms with Crippen molar-refractivity contribution in [3.63, 3.8) is 0 Å². The highest BCUT2D eigenvalue weighted by Crippen LogP contribution is 2.40. The Morgan fingerprint density at radius 2 is 1.70 bits per heavy atom. The summed E-state index contributed by atoms with van der Waals surface area (Å²) in [6, 6.07) is 3.94. The molecule has 7 heteroatoms. The second-order valence-corrected chi connectivity index (χ2v) is 8.78. The molecule has 0 spiro atoms. The van der Waals surface area contributed by atoms with Crippen molar-refractivity contribution < 1.29 is 19.0 Å². The van der Waals surface area contributed by atoms with Crippen LogP contribution < -0.4 is 14.2 Å². The van der Waals surface area contributed by atoms with Gasteiger partial charge < -0.3 is 19.1 Å². The van der Waals surface area contributed by atoms with Gasteiger partial charge in [0.25, 0.3) is 5.91 Å². The smallest absolute Gasteiger partial charge is 0.255 e. The number of benzene rings is 1. The van der Waals surface area contributed by atoms with Gasteiger partial charge in [0.2, 0.25) is 5.75 Å². The lowest BCUT2D eigenvalue weighted by Gasteiger charge is -2.35. The minimum absolute atomic E-state index is 0.206. The predicted molar refractivity (Wildman–Crippen MR) is 118 cm³/mol. The third kappa shape index (κ3) is 4.01. The summed E-state index contributed by atoms with van der Waals surface area (Å²) in [5.74, 6) is 2.19. The van der Waals surface area contributed by atoms with E-state index in [9.17, 15) is 4.79 Å². The minimum Gasteiger partial charge on any atom is -0.493 e. The van der Waals surface area contributed by atoms with Gasteiger partial charge in [0.05, 0.1) is 26.9 Å². The van der Waals surface area contributed by atoms with E-state index in [1.165, 1.54) is 23.3 Å². The fourth-order valence-corrected chi connectivity index (χ4v) is 5.60. The van der Waals surface area contributed by atoms with E-state index < -0.39 is 0 Å². The monoisotopic (exact) mass is 430 g/mol. The first-order valence-corrected chi connectivity index (χ1v) is 11.4. The second-order valence-electron chi connectivity index (χ2n) is 7.82. The molecule has 0 N–H and O–H groups in total. The number of thiophene rings is 1. The molecule has 1 fully saturated rings. The van der Waals surface area contributed by atoms with Crippen LogP contribution in [0, 0.1) is 0 Å². The maximum Gasteiger partial charge on any atom is 0.255 e. The summed E-state index contributed by atoms with van der Waals surface area (Å²) < 4.78 is 16.5. The van der Waals surface area contributed by atoms with Crippen LogP contribution in [-0.2, 0) is 19.4 Å². The lowest BCUT2D eigenvalue weighted by Crippen LogP contribution is -2.48. The van der Waals surface area contributed by atoms with Crippen LogP contribution in [0.25, 0.3) is 0 Å². The summed E-state index contributed by atoms with van der Waals surface area (Å²) in [5.41, 5.74) is 3.32. The average molecular weight is 431 g/mol. The van der Waals surface area contributed by atoms with Crippen LogP contribution in [0.5, 0.6) is 17.2 Å². The molecule has 2 aromatic rings. The van der Waals surface area contributed by atoms with E-state index in [-0.39, 0.29) is 5.91 Å². The predicted octanol–water partition coefficient (Wildman–Crippen LogP) is 3.61. The number of hydrogen-bond acceptors (Lipinski definition) is 6. The molecule has 0 saturated carbocycles. The number of amides is 1. The van der Waals surface area contributed by atoms with Gasteiger partial charge in [-0.15, -0.1) is 11.3 Å². The van der Waals surface area contributed by atoms with Crippen LogP contribution in [0.3, 0.4) is 0 Å². The van der Waals surface area contributed by atoms with Gasteiger partial charge in [-0.05, 0) is 37.3 Å². The van der Waals surface area contributed by atoms with E-state index in [4.69, 9.17) is 14.2 Å². The molecule has 1 aliphatic carbocycles. The van der Waals surface area contributed by atoms with Crippen molar-refractivity contribution >= 4 is 17.2 Å². The molecule has 30 heavy (non-hydrogen) atoms. The van der Waals surface area contributed by atoms with Crippen LogP contribution >= 0.6 is 11.3 Å². The highest BCUT2D eigenvalue weighted by atomic mass is 32.1. The molecule has 6 nitrogen and oxygen atoms in total. The number of hydrogen-bond donors (Lipinski definition) is 0. The van der Waals surface area contributed by atoms with Crippen molar-refractivity contribution in [3.05, 3.63) is 39.1 Å². The third-order valence-corrected chi connectivity index (χ3v) is 7.22. The zero-order valence-corrected chi connectivity index (χ0v) is 18.8. The van der Waals surface area contributed by atoms with Crippen LogP contribution in [0.4, 0.5) is 0 Å². The molecule has 2 heterocycles. The molecule has 162 valence electrons. The first kappa shape index (κ1) is 21.0. The fraction of sp³-hybridized carbons (Fsp3) is 0.522. The van der Waals surface area contributed by atoms with Crippen molar-refractivity contribution in [1.82, 2.24) is 9.80 Å². The Labute approximate surface area is 182 Å². The number of carbonyl (C=O) groups excluding carboxylic acids is 1. The highest BCUT2D eigenvalue weighted by molar-refractivity contribution is 7.10. The summed E-state index contributed by atoms with van der Waals surface area (Å²) in [5, 5.41) is 2.08. The SMILES string of the molecule is COc1ccc(CN2CCN(C(=O)c3csc4c3CCCC4)CC2)c(OC)c1OC. The van der Waals surface area contributed by atoms with Gasteiger partial charge in [0.15, 0.2) is 11.5 Å². The first-order valence-electron chi connectivity index (χ1n) is 10.5. The quantitative estimate of drug-likeness (QED) is 0.701. The average Bonchev–Trinajstić information content (AvgIpc) is 3.22. The van der Waals surface area contributed by atoms with E-state index in [0.29, 0.717) is 17.2 Å². The summed E-state index contributed by atoms with van der Waals surface area (Å²) >= 11 is 1.76. The maximum absolute atomic E-state index is 13.1. The third-order valence-electron chi connectivity index (χ3n) is 6.13. The van der Waals surface area contributed by atoms with Crippen molar-refractivity contribution in [2.75, 3.05) is 47.5 Å². The standard InChI is InChI=1S/C23H30N2O4S/c1-27-19-9-8-16(21(28-2)22(19)29-3)14-24-10-12-25(13-11-24)23(26)18-15-30-20-7-5-4-6-17(18)20/h8-9,15H,4-7,10-14H2,1-3H3. The molecule has 0 atom stereocenters. The minimum atomic E-state index is 0.206. The number of rotatable bonds is 6. The van der Waals surface area contributed by atoms with E-state index in [0.717, 1.165) is 56.7 Å². The molecular weight excluding hydrogens is 400 g/mol. The maximum atomic E-state index is 13.1. The first-order chi connectivity index (χ1) is 14.7. The van der Waals surface area contributed by atoms with Gasteiger partial charge in [0.1, 0.15) is 0 Å². The molecule has 1 aromatic carbocycles. The molecule has 1 saturated heterocycles. The number of nitrogens with zero attached hydrogens (tertiary/aromatic N) is 2. The van der Waals surface area contributed by atoms with Crippen LogP contribution in [0.1, 0.15) is 39.2 Å². The molecule has 2 aliphatic rings. The van der Waals surface area contributed by atoms with Gasteiger partial charge in [-0.1, -0.05) is 6.07 Å². The Hall–Kier alpha value is -2.25. The normalized spacial score (nSPS) is 16.8. The van der Waals surface area contributed by atoms with Crippen LogP contribution in [-0.4, -0.2) is 63.2 Å². The van der Waals surface area contributed by atoms with E-state index >= 15 is 0 Å². The number of ether oxygens (including phenoxy) is 3. The summed E-state index contributed by atoms with van der Waals surface area (Å²) in [7, 11) is 4.90. The molecule has 1 amide bonds. The molecule has 0 radical (unpaired) electrons. The number of aryl methyl sites for hydroxylation is 1. The van der Waals surface area contributed by atoms with Gasteiger partial charge in [-0.3, -0.25) is 9.69 Å². The molecule has 0 bridgehead atoms. The van der Waals surface area contributed by atoms with Crippen molar-refractivity contribution in [2.45, 2.75) is 32.2 Å². The molecular formula is C23H30N2O4S. The van der Waals surface area contributed by atoms with Crippen molar-refractivity contribution in [2.24, 2.45) is 0 Å². The number of carbonyl (C=O) groups is 1. The zero-order valence-electron chi connectivity index (χ0n) is 18.0. The van der Waals surface area contributed by atoms with E-state index in [1.54, 1.807) is 32.7 Å². The topological polar surface area (TPSA) is 51.2 Å². The molecule has 1 aromatic heterocycles. The Morgan fingerprint density at radius 3 is 2.40 bits per heavy atom. The van der Waals surface area contributed by atoms with E-state index in [2.05, 4.69) is 10.3 Å². The van der Waals surface area contributed by atoms with Gasteiger partial charge in [0, 0.05) is 48.5 Å². The Balaban J connectivity index is 1.41. The van der Waals surface area contributed by atoms with Crippen molar-refractivity contribution in [3.8, 4) is 17.2 Å². The highest BCUT2D eigenvalue weighted by Gasteiger charge is 2.27. The summed E-state index contributed by atoms with van der Waals surface area (Å²) in [6.45, 7) is 3.93. The second kappa shape index (κ2) is 9.27. The Morgan fingerprint density at radius 1 is 0.967 bits per heavy atom. The zero-order chi connectivity index (χ0) is 21.1. The lowest BCUT2D eigenvalue weighted by molar-refractivity contribution is 0.0626. The Bertz CT molecular complexity index is 903. The van der Waals surface area contributed by atoms with Gasteiger partial charge in [-0.2, -0.15) is 0 Å². The summed E-state index contributed by atoms with van der Waals surface area (Å²) in [4.78, 5) is 18.9. The molecule has 1 aliphatic heterocycles. The number of piperazine rings is 1. The van der Waals surface area contributed by atoms with Gasteiger partial charge in [-0.25, -0.2) is 0 Å². The van der Waals surface area contributed by atoms with Gasteiger partial charge >= 0.3 is 0 Å². The van der Waals surface area contributed by atoms with Crippen LogP contribution in [0.2, 0.25) is 0 Å². The summed E-state index contributed by atoms with van der Waals surface area (Å²) in [6.07, 6.45) is 4.64. The fourth-order valence-electron chi connectivity index (χ4n) is 4.48. The molecule has 4 rings (SSSR count). The molecule has 0 unspecified atom stereocenters. The van der Waals surface area contributed by atoms with E-state index in [1.807, 2.05) is 17.0 Å². The largest absolute Gasteiger partial charge is 0.493 e.